The van der Waals surface area contributed by atoms with Gasteiger partial charge in [0, 0.05) is 0 Å². The predicted octanol–water partition coefficient (Wildman–Crippen LogP) is 1.85. The molecule has 1 aliphatic heterocycles. The standard InChI is InChI=1S/C12H21NO4/c1-3-4-5-6-9(2)11(14)16-7-10-8-17-12(15)13-10/h9-10H,3-8H2,1-2H3,(H,13,15)/t9?,10-/m1/s1. The van der Waals surface area contributed by atoms with E-state index in [9.17, 15) is 9.59 Å². The second-order valence-electron chi connectivity index (χ2n) is 4.47. The molecule has 1 fully saturated rings. The van der Waals surface area contributed by atoms with Crippen molar-refractivity contribution in [1.82, 2.24) is 5.32 Å². The van der Waals surface area contributed by atoms with Gasteiger partial charge in [-0.15, -0.1) is 0 Å². The summed E-state index contributed by atoms with van der Waals surface area (Å²) in [5.41, 5.74) is 0. The molecule has 17 heavy (non-hydrogen) atoms. The molecule has 0 aromatic heterocycles. The first-order chi connectivity index (χ1) is 8.13. The maximum absolute atomic E-state index is 11.6. The topological polar surface area (TPSA) is 64.6 Å². The molecule has 0 spiro atoms. The summed E-state index contributed by atoms with van der Waals surface area (Å²) < 4.78 is 9.83. The van der Waals surface area contributed by atoms with Crippen LogP contribution in [0.5, 0.6) is 0 Å². The highest BCUT2D eigenvalue weighted by Gasteiger charge is 2.24. The zero-order valence-corrected chi connectivity index (χ0v) is 10.5. The van der Waals surface area contributed by atoms with Gasteiger partial charge >= 0.3 is 12.1 Å². The normalized spacial score (nSPS) is 20.6. The van der Waals surface area contributed by atoms with Crippen molar-refractivity contribution in [2.75, 3.05) is 13.2 Å². The summed E-state index contributed by atoms with van der Waals surface area (Å²) >= 11 is 0. The smallest absolute Gasteiger partial charge is 0.407 e. The first-order valence-corrected chi connectivity index (χ1v) is 6.23. The Morgan fingerprint density at radius 1 is 1.59 bits per heavy atom. The van der Waals surface area contributed by atoms with Crippen molar-refractivity contribution < 1.29 is 19.1 Å². The van der Waals surface area contributed by atoms with Crippen molar-refractivity contribution in [2.45, 2.75) is 45.6 Å². The highest BCUT2D eigenvalue weighted by atomic mass is 16.6. The summed E-state index contributed by atoms with van der Waals surface area (Å²) in [6, 6.07) is -0.200. The molecular weight excluding hydrogens is 222 g/mol. The third kappa shape index (κ3) is 5.06. The Kier molecular flexibility index (Phi) is 5.80. The largest absolute Gasteiger partial charge is 0.463 e. The summed E-state index contributed by atoms with van der Waals surface area (Å²) in [7, 11) is 0. The lowest BCUT2D eigenvalue weighted by molar-refractivity contribution is -0.148. The van der Waals surface area contributed by atoms with Gasteiger partial charge in [0.15, 0.2) is 0 Å². The second-order valence-corrected chi connectivity index (χ2v) is 4.47. The van der Waals surface area contributed by atoms with Crippen molar-refractivity contribution >= 4 is 12.1 Å². The van der Waals surface area contributed by atoms with Gasteiger partial charge in [-0.25, -0.2) is 4.79 Å². The maximum Gasteiger partial charge on any atom is 0.407 e. The number of amides is 1. The van der Waals surface area contributed by atoms with Crippen LogP contribution in [0.3, 0.4) is 0 Å². The lowest BCUT2D eigenvalue weighted by atomic mass is 10.0. The molecule has 1 heterocycles. The van der Waals surface area contributed by atoms with E-state index in [-0.39, 0.29) is 31.1 Å². The fourth-order valence-corrected chi connectivity index (χ4v) is 1.66. The van der Waals surface area contributed by atoms with Crippen LogP contribution in [0.2, 0.25) is 0 Å². The Bertz CT molecular complexity index is 267. The summed E-state index contributed by atoms with van der Waals surface area (Å²) in [4.78, 5) is 22.3. The Morgan fingerprint density at radius 2 is 2.35 bits per heavy atom. The Labute approximate surface area is 102 Å². The van der Waals surface area contributed by atoms with Crippen LogP contribution in [0.1, 0.15) is 39.5 Å². The van der Waals surface area contributed by atoms with Gasteiger partial charge in [0.2, 0.25) is 0 Å². The van der Waals surface area contributed by atoms with E-state index in [0.29, 0.717) is 0 Å². The van der Waals surface area contributed by atoms with Crippen molar-refractivity contribution in [2.24, 2.45) is 5.92 Å². The van der Waals surface area contributed by atoms with E-state index < -0.39 is 6.09 Å². The van der Waals surface area contributed by atoms with Crippen LogP contribution in [-0.4, -0.2) is 31.3 Å². The highest BCUT2D eigenvalue weighted by Crippen LogP contribution is 2.11. The lowest BCUT2D eigenvalue weighted by Crippen LogP contribution is -2.32. The van der Waals surface area contributed by atoms with Crippen molar-refractivity contribution in [3.05, 3.63) is 0 Å². The van der Waals surface area contributed by atoms with Crippen LogP contribution in [0, 0.1) is 5.92 Å². The molecule has 1 rings (SSSR count). The van der Waals surface area contributed by atoms with E-state index in [4.69, 9.17) is 9.47 Å². The van der Waals surface area contributed by atoms with Gasteiger partial charge in [-0.2, -0.15) is 0 Å². The predicted molar refractivity (Wildman–Crippen MR) is 62.5 cm³/mol. The number of unbranched alkanes of at least 4 members (excludes halogenated alkanes) is 2. The molecule has 0 aliphatic carbocycles. The molecular formula is C12H21NO4. The van der Waals surface area contributed by atoms with Gasteiger partial charge < -0.3 is 14.8 Å². The van der Waals surface area contributed by atoms with Gasteiger partial charge in [-0.3, -0.25) is 4.79 Å². The Morgan fingerprint density at radius 3 is 2.94 bits per heavy atom. The van der Waals surface area contributed by atoms with E-state index in [0.717, 1.165) is 25.7 Å². The fourth-order valence-electron chi connectivity index (χ4n) is 1.66. The first-order valence-electron chi connectivity index (χ1n) is 6.23. The zero-order chi connectivity index (χ0) is 12.7. The Hall–Kier alpha value is -1.26. The van der Waals surface area contributed by atoms with Gasteiger partial charge in [0.25, 0.3) is 0 Å². The molecule has 1 aliphatic rings. The monoisotopic (exact) mass is 243 g/mol. The van der Waals surface area contributed by atoms with Crippen LogP contribution in [-0.2, 0) is 14.3 Å². The zero-order valence-electron chi connectivity index (χ0n) is 10.5. The number of carbonyl (C=O) groups excluding carboxylic acids is 2. The number of esters is 1. The minimum absolute atomic E-state index is 0.0698. The molecule has 1 N–H and O–H groups in total. The van der Waals surface area contributed by atoms with Gasteiger partial charge in [-0.05, 0) is 6.42 Å². The summed E-state index contributed by atoms with van der Waals surface area (Å²) in [5.74, 6) is -0.262. The molecule has 1 unspecified atom stereocenters. The van der Waals surface area contributed by atoms with E-state index in [1.807, 2.05) is 6.92 Å². The van der Waals surface area contributed by atoms with Crippen LogP contribution in [0.4, 0.5) is 4.79 Å². The van der Waals surface area contributed by atoms with Crippen LogP contribution in [0.25, 0.3) is 0 Å². The number of hydrogen-bond acceptors (Lipinski definition) is 4. The average Bonchev–Trinajstić information content (AvgIpc) is 2.72. The quantitative estimate of drug-likeness (QED) is 0.547. The molecule has 1 amide bonds. The van der Waals surface area contributed by atoms with Gasteiger partial charge in [0.05, 0.1) is 5.92 Å². The molecule has 0 saturated carbocycles. The number of nitrogens with one attached hydrogen (secondary N) is 1. The van der Waals surface area contributed by atoms with Gasteiger partial charge in [0.1, 0.15) is 19.3 Å². The minimum Gasteiger partial charge on any atom is -0.463 e. The third-order valence-electron chi connectivity index (χ3n) is 2.81. The minimum atomic E-state index is -0.443. The number of carbonyl (C=O) groups is 2. The van der Waals surface area contributed by atoms with E-state index >= 15 is 0 Å². The molecule has 5 nitrogen and oxygen atoms in total. The fraction of sp³-hybridized carbons (Fsp3) is 0.833. The highest BCUT2D eigenvalue weighted by molar-refractivity contribution is 5.72. The first kappa shape index (κ1) is 13.8. The molecule has 98 valence electrons. The summed E-state index contributed by atoms with van der Waals surface area (Å²) in [5, 5.41) is 2.56. The lowest BCUT2D eigenvalue weighted by Gasteiger charge is -2.13. The molecule has 0 aromatic rings. The number of ether oxygens (including phenoxy) is 2. The molecule has 0 radical (unpaired) electrons. The maximum atomic E-state index is 11.6. The summed E-state index contributed by atoms with van der Waals surface area (Å²) in [6.07, 6.45) is 3.76. The third-order valence-corrected chi connectivity index (χ3v) is 2.81. The molecule has 1 saturated heterocycles. The number of cyclic esters (lactones) is 1. The molecule has 5 heteroatoms. The van der Waals surface area contributed by atoms with Gasteiger partial charge in [-0.1, -0.05) is 33.1 Å². The van der Waals surface area contributed by atoms with Crippen LogP contribution >= 0.6 is 0 Å². The molecule has 0 aromatic carbocycles. The van der Waals surface area contributed by atoms with Crippen LogP contribution < -0.4 is 5.32 Å². The SMILES string of the molecule is CCCCCC(C)C(=O)OC[C@@H]1COC(=O)N1. The second kappa shape index (κ2) is 7.14. The van der Waals surface area contributed by atoms with Crippen molar-refractivity contribution in [3.63, 3.8) is 0 Å². The van der Waals surface area contributed by atoms with Crippen molar-refractivity contribution in [1.29, 1.82) is 0 Å². The number of alkyl carbamates (subject to hydrolysis) is 1. The van der Waals surface area contributed by atoms with E-state index in [1.54, 1.807) is 0 Å². The number of rotatable bonds is 7. The van der Waals surface area contributed by atoms with Crippen molar-refractivity contribution in [3.8, 4) is 0 Å². The van der Waals surface area contributed by atoms with Crippen LogP contribution in [0.15, 0.2) is 0 Å². The molecule has 2 atom stereocenters. The average molecular weight is 243 g/mol. The molecule has 0 bridgehead atoms. The Balaban J connectivity index is 2.13. The van der Waals surface area contributed by atoms with E-state index in [2.05, 4.69) is 12.2 Å². The summed E-state index contributed by atoms with van der Waals surface area (Å²) in [6.45, 7) is 4.48. The van der Waals surface area contributed by atoms with E-state index in [1.165, 1.54) is 0 Å². The number of hydrogen-bond donors (Lipinski definition) is 1.